The lowest BCUT2D eigenvalue weighted by atomic mass is 9.96. The number of benzene rings is 1. The van der Waals surface area contributed by atoms with Crippen molar-refractivity contribution in [3.05, 3.63) is 41.2 Å². The van der Waals surface area contributed by atoms with Gasteiger partial charge in [-0.2, -0.15) is 0 Å². The van der Waals surface area contributed by atoms with Crippen LogP contribution in [-0.2, 0) is 14.3 Å². The van der Waals surface area contributed by atoms with Crippen molar-refractivity contribution in [2.24, 2.45) is 0 Å². The van der Waals surface area contributed by atoms with Gasteiger partial charge in [0.15, 0.2) is 11.5 Å². The van der Waals surface area contributed by atoms with Crippen LogP contribution >= 0.6 is 0 Å². The molecule has 7 heteroatoms. The maximum atomic E-state index is 12.7. The summed E-state index contributed by atoms with van der Waals surface area (Å²) in [6.07, 6.45) is 0. The number of rotatable bonds is 6. The SMILES string of the molecule is CC(=O)C1=C(O)C(=O)N(CCN2CCOCC2)[C@@H]1c1ccc(N(C)C)cc1. The van der Waals surface area contributed by atoms with Crippen LogP contribution in [0, 0.1) is 0 Å². The highest BCUT2D eigenvalue weighted by Crippen LogP contribution is 2.37. The van der Waals surface area contributed by atoms with Crippen molar-refractivity contribution in [1.29, 1.82) is 0 Å². The minimum Gasteiger partial charge on any atom is -0.503 e. The normalized spacial score (nSPS) is 21.1. The fourth-order valence-corrected chi connectivity index (χ4v) is 3.62. The molecule has 7 nitrogen and oxygen atoms in total. The molecule has 0 radical (unpaired) electrons. The predicted molar refractivity (Wildman–Crippen MR) is 103 cm³/mol. The molecule has 27 heavy (non-hydrogen) atoms. The fourth-order valence-electron chi connectivity index (χ4n) is 3.62. The second kappa shape index (κ2) is 8.10. The van der Waals surface area contributed by atoms with Crippen LogP contribution < -0.4 is 4.90 Å². The summed E-state index contributed by atoms with van der Waals surface area (Å²) in [5, 5.41) is 10.3. The molecule has 0 unspecified atom stereocenters. The van der Waals surface area contributed by atoms with E-state index in [1.807, 2.05) is 43.3 Å². The first-order chi connectivity index (χ1) is 12.9. The molecule has 0 saturated carbocycles. The first-order valence-corrected chi connectivity index (χ1v) is 9.22. The maximum absolute atomic E-state index is 12.7. The summed E-state index contributed by atoms with van der Waals surface area (Å²) >= 11 is 0. The zero-order chi connectivity index (χ0) is 19.6. The number of morpholine rings is 1. The molecule has 1 fully saturated rings. The number of Topliss-reactive ketones (excluding diaryl/α,β-unsaturated/α-hetero) is 1. The smallest absolute Gasteiger partial charge is 0.290 e. The van der Waals surface area contributed by atoms with E-state index in [9.17, 15) is 14.7 Å². The van der Waals surface area contributed by atoms with E-state index in [1.54, 1.807) is 4.90 Å². The van der Waals surface area contributed by atoms with Gasteiger partial charge in [0, 0.05) is 46.0 Å². The van der Waals surface area contributed by atoms with Crippen LogP contribution in [0.1, 0.15) is 18.5 Å². The molecular formula is C20H27N3O4. The van der Waals surface area contributed by atoms with Crippen molar-refractivity contribution in [3.8, 4) is 0 Å². The molecule has 2 aliphatic rings. The van der Waals surface area contributed by atoms with Gasteiger partial charge in [-0.1, -0.05) is 12.1 Å². The van der Waals surface area contributed by atoms with E-state index in [0.717, 1.165) is 24.3 Å². The molecule has 0 bridgehead atoms. The third-order valence-corrected chi connectivity index (χ3v) is 5.17. The Morgan fingerprint density at radius 2 is 1.81 bits per heavy atom. The maximum Gasteiger partial charge on any atom is 0.290 e. The lowest BCUT2D eigenvalue weighted by molar-refractivity contribution is -0.129. The summed E-state index contributed by atoms with van der Waals surface area (Å²) < 4.78 is 5.36. The van der Waals surface area contributed by atoms with E-state index in [4.69, 9.17) is 4.74 Å². The van der Waals surface area contributed by atoms with Crippen molar-refractivity contribution in [2.45, 2.75) is 13.0 Å². The van der Waals surface area contributed by atoms with Gasteiger partial charge in [0.2, 0.25) is 0 Å². The van der Waals surface area contributed by atoms with E-state index < -0.39 is 17.7 Å². The van der Waals surface area contributed by atoms with Gasteiger partial charge >= 0.3 is 0 Å². The summed E-state index contributed by atoms with van der Waals surface area (Å²) in [5.41, 5.74) is 2.03. The summed E-state index contributed by atoms with van der Waals surface area (Å²) in [5.74, 6) is -1.18. The van der Waals surface area contributed by atoms with Gasteiger partial charge in [0.25, 0.3) is 5.91 Å². The van der Waals surface area contributed by atoms with Crippen LogP contribution in [0.4, 0.5) is 5.69 Å². The van der Waals surface area contributed by atoms with Crippen molar-refractivity contribution < 1.29 is 19.4 Å². The van der Waals surface area contributed by atoms with E-state index in [-0.39, 0.29) is 11.4 Å². The topological polar surface area (TPSA) is 73.3 Å². The minimum atomic E-state index is -0.549. The van der Waals surface area contributed by atoms with Gasteiger partial charge in [-0.15, -0.1) is 0 Å². The van der Waals surface area contributed by atoms with E-state index in [1.165, 1.54) is 6.92 Å². The Bertz CT molecular complexity index is 736. The molecule has 1 aromatic rings. The van der Waals surface area contributed by atoms with Crippen LogP contribution in [-0.4, -0.2) is 80.1 Å². The number of aliphatic hydroxyl groups is 1. The highest BCUT2D eigenvalue weighted by Gasteiger charge is 2.42. The second-order valence-electron chi connectivity index (χ2n) is 7.16. The van der Waals surface area contributed by atoms with Crippen LogP contribution in [0.3, 0.4) is 0 Å². The van der Waals surface area contributed by atoms with Crippen molar-refractivity contribution >= 4 is 17.4 Å². The Morgan fingerprint density at radius 1 is 1.19 bits per heavy atom. The van der Waals surface area contributed by atoms with Gasteiger partial charge in [0.1, 0.15) is 0 Å². The number of nitrogens with zero attached hydrogens (tertiary/aromatic N) is 3. The molecule has 1 aromatic carbocycles. The Morgan fingerprint density at radius 3 is 2.37 bits per heavy atom. The average molecular weight is 373 g/mol. The van der Waals surface area contributed by atoms with Crippen molar-refractivity contribution in [2.75, 3.05) is 58.4 Å². The predicted octanol–water partition coefficient (Wildman–Crippen LogP) is 1.37. The molecule has 2 aliphatic heterocycles. The number of anilines is 1. The lowest BCUT2D eigenvalue weighted by Crippen LogP contribution is -2.43. The molecule has 1 amide bonds. The highest BCUT2D eigenvalue weighted by molar-refractivity contribution is 6.08. The molecule has 1 N–H and O–H groups in total. The standard InChI is InChI=1S/C20H27N3O4/c1-14(24)17-18(15-4-6-16(7-5-15)21(2)3)23(20(26)19(17)25)9-8-22-10-12-27-13-11-22/h4-7,18,25H,8-13H2,1-3H3/t18-/m1/s1. The first-order valence-electron chi connectivity index (χ1n) is 9.22. The minimum absolute atomic E-state index is 0.180. The van der Waals surface area contributed by atoms with E-state index >= 15 is 0 Å². The molecule has 2 heterocycles. The fraction of sp³-hybridized carbons (Fsp3) is 0.500. The van der Waals surface area contributed by atoms with Gasteiger partial charge < -0.3 is 19.6 Å². The Labute approximate surface area is 159 Å². The van der Waals surface area contributed by atoms with Crippen LogP contribution in [0.2, 0.25) is 0 Å². The molecular weight excluding hydrogens is 346 g/mol. The highest BCUT2D eigenvalue weighted by atomic mass is 16.5. The number of aliphatic hydroxyl groups excluding tert-OH is 1. The number of amides is 1. The largest absolute Gasteiger partial charge is 0.503 e. The number of ketones is 1. The summed E-state index contributed by atoms with van der Waals surface area (Å²) in [4.78, 5) is 30.7. The third kappa shape index (κ3) is 3.99. The molecule has 1 atom stereocenters. The van der Waals surface area contributed by atoms with Crippen LogP contribution in [0.25, 0.3) is 0 Å². The molecule has 3 rings (SSSR count). The van der Waals surface area contributed by atoms with Gasteiger partial charge in [-0.05, 0) is 24.6 Å². The second-order valence-corrected chi connectivity index (χ2v) is 7.16. The monoisotopic (exact) mass is 373 g/mol. The van der Waals surface area contributed by atoms with E-state index in [0.29, 0.717) is 26.3 Å². The number of hydrogen-bond donors (Lipinski definition) is 1. The third-order valence-electron chi connectivity index (χ3n) is 5.17. The summed E-state index contributed by atoms with van der Waals surface area (Å²) in [7, 11) is 3.91. The molecule has 1 saturated heterocycles. The summed E-state index contributed by atoms with van der Waals surface area (Å²) in [6, 6.07) is 7.18. The Kier molecular flexibility index (Phi) is 5.82. The lowest BCUT2D eigenvalue weighted by Gasteiger charge is -2.31. The zero-order valence-corrected chi connectivity index (χ0v) is 16.1. The quantitative estimate of drug-likeness (QED) is 0.812. The number of hydrogen-bond acceptors (Lipinski definition) is 6. The number of carbonyl (C=O) groups excluding carboxylic acids is 2. The van der Waals surface area contributed by atoms with Gasteiger partial charge in [-0.25, -0.2) is 0 Å². The van der Waals surface area contributed by atoms with Crippen molar-refractivity contribution in [3.63, 3.8) is 0 Å². The molecule has 146 valence electrons. The summed E-state index contributed by atoms with van der Waals surface area (Å²) in [6.45, 7) is 5.54. The Hall–Kier alpha value is -2.38. The molecule has 0 aromatic heterocycles. The zero-order valence-electron chi connectivity index (χ0n) is 16.1. The van der Waals surface area contributed by atoms with E-state index in [2.05, 4.69) is 4.90 Å². The number of ether oxygens (including phenoxy) is 1. The molecule has 0 aliphatic carbocycles. The Balaban J connectivity index is 1.86. The van der Waals surface area contributed by atoms with Crippen LogP contribution in [0.5, 0.6) is 0 Å². The first kappa shape index (κ1) is 19.4. The van der Waals surface area contributed by atoms with Gasteiger partial charge in [-0.3, -0.25) is 14.5 Å². The average Bonchev–Trinajstić information content (AvgIpc) is 2.92. The van der Waals surface area contributed by atoms with Gasteiger partial charge in [0.05, 0.1) is 24.8 Å². The number of carbonyl (C=O) groups is 2. The van der Waals surface area contributed by atoms with Crippen LogP contribution in [0.15, 0.2) is 35.6 Å². The van der Waals surface area contributed by atoms with Crippen molar-refractivity contribution in [1.82, 2.24) is 9.80 Å². The molecule has 0 spiro atoms.